The van der Waals surface area contributed by atoms with Crippen LogP contribution in [0.2, 0.25) is 0 Å². The van der Waals surface area contributed by atoms with Crippen LogP contribution >= 0.6 is 0 Å². The predicted molar refractivity (Wildman–Crippen MR) is 117 cm³/mol. The summed E-state index contributed by atoms with van der Waals surface area (Å²) in [4.78, 5) is 18.9. The number of piperidine rings is 1. The molecule has 0 bridgehead atoms. The molecule has 0 N–H and O–H groups in total. The van der Waals surface area contributed by atoms with E-state index in [2.05, 4.69) is 29.0 Å². The molecule has 31 heavy (non-hydrogen) atoms. The van der Waals surface area contributed by atoms with Crippen LogP contribution in [0.1, 0.15) is 55.7 Å². The number of rotatable bonds is 6. The first kappa shape index (κ1) is 21.0. The molecule has 1 fully saturated rings. The van der Waals surface area contributed by atoms with Crippen LogP contribution in [0.5, 0.6) is 5.75 Å². The highest BCUT2D eigenvalue weighted by atomic mass is 16.5. The molecule has 1 saturated heterocycles. The Morgan fingerprint density at radius 3 is 2.84 bits per heavy atom. The number of aromatic nitrogens is 3. The highest BCUT2D eigenvalue weighted by Gasteiger charge is 2.29. The van der Waals surface area contributed by atoms with Crippen molar-refractivity contribution < 1.29 is 13.9 Å². The molecule has 2 aromatic heterocycles. The van der Waals surface area contributed by atoms with Crippen molar-refractivity contribution in [2.45, 2.75) is 45.4 Å². The van der Waals surface area contributed by atoms with Crippen molar-refractivity contribution in [3.05, 3.63) is 59.7 Å². The molecular weight excluding hydrogens is 392 g/mol. The van der Waals surface area contributed by atoms with Crippen molar-refractivity contribution in [3.63, 3.8) is 0 Å². The molecule has 0 radical (unpaired) electrons. The molecule has 4 rings (SSSR count). The van der Waals surface area contributed by atoms with Crippen LogP contribution in [0.3, 0.4) is 0 Å². The van der Waals surface area contributed by atoms with E-state index in [1.165, 1.54) is 0 Å². The summed E-state index contributed by atoms with van der Waals surface area (Å²) in [5.41, 5.74) is 2.84. The fourth-order valence-electron chi connectivity index (χ4n) is 3.84. The number of carbonyl (C=O) groups excluding carboxylic acids is 1. The molecule has 3 aromatic rings. The summed E-state index contributed by atoms with van der Waals surface area (Å²) >= 11 is 0. The molecular formula is C24H28N4O3. The molecule has 1 aromatic carbocycles. The highest BCUT2D eigenvalue weighted by Crippen LogP contribution is 2.29. The second-order valence-corrected chi connectivity index (χ2v) is 8.29. The van der Waals surface area contributed by atoms with Crippen molar-refractivity contribution in [1.29, 1.82) is 0 Å². The third-order valence-electron chi connectivity index (χ3n) is 5.61. The van der Waals surface area contributed by atoms with Gasteiger partial charge in [-0.3, -0.25) is 9.78 Å². The Labute approximate surface area is 182 Å². The Kier molecular flexibility index (Phi) is 6.30. The Balaban J connectivity index is 1.38. The van der Waals surface area contributed by atoms with Gasteiger partial charge in [0.25, 0.3) is 5.91 Å². The van der Waals surface area contributed by atoms with Gasteiger partial charge in [0.05, 0.1) is 11.5 Å². The van der Waals surface area contributed by atoms with E-state index in [4.69, 9.17) is 9.15 Å². The molecule has 0 aliphatic carbocycles. The predicted octanol–water partition coefficient (Wildman–Crippen LogP) is 4.35. The maximum absolute atomic E-state index is 12.8. The van der Waals surface area contributed by atoms with Gasteiger partial charge in [0.1, 0.15) is 5.75 Å². The molecule has 0 saturated carbocycles. The van der Waals surface area contributed by atoms with Crippen molar-refractivity contribution in [1.82, 2.24) is 20.1 Å². The lowest BCUT2D eigenvalue weighted by atomic mass is 9.98. The molecule has 7 nitrogen and oxygen atoms in total. The summed E-state index contributed by atoms with van der Waals surface area (Å²) in [5, 5.41) is 8.42. The Bertz CT molecular complexity index is 1030. The fourth-order valence-corrected chi connectivity index (χ4v) is 3.84. The standard InChI is InChI=1S/C24H28N4O3/c1-16(2)20-8-4-5-9-21(20)30-15-22(29)28-12-6-7-19(14-28)24-27-26-23(31-24)18-11-10-17(3)25-13-18/h4-5,8-11,13,16,19H,6-7,12,14-15H2,1-3H3. The number of ether oxygens (including phenoxy) is 1. The third kappa shape index (κ3) is 4.93. The lowest BCUT2D eigenvalue weighted by Crippen LogP contribution is -2.41. The summed E-state index contributed by atoms with van der Waals surface area (Å²) < 4.78 is 11.8. The van der Waals surface area contributed by atoms with Gasteiger partial charge in [0, 0.05) is 25.0 Å². The minimum Gasteiger partial charge on any atom is -0.483 e. The zero-order valence-electron chi connectivity index (χ0n) is 18.2. The highest BCUT2D eigenvalue weighted by molar-refractivity contribution is 5.78. The van der Waals surface area contributed by atoms with Gasteiger partial charge in [0.2, 0.25) is 11.8 Å². The largest absolute Gasteiger partial charge is 0.483 e. The van der Waals surface area contributed by atoms with Crippen LogP contribution in [0.25, 0.3) is 11.5 Å². The maximum atomic E-state index is 12.8. The molecule has 1 unspecified atom stereocenters. The Hall–Kier alpha value is -3.22. The van der Waals surface area contributed by atoms with E-state index < -0.39 is 0 Å². The van der Waals surface area contributed by atoms with Gasteiger partial charge in [-0.25, -0.2) is 0 Å². The number of carbonyl (C=O) groups is 1. The summed E-state index contributed by atoms with van der Waals surface area (Å²) in [6.07, 6.45) is 3.53. The van der Waals surface area contributed by atoms with Gasteiger partial charge < -0.3 is 14.1 Å². The quantitative estimate of drug-likeness (QED) is 0.590. The minimum atomic E-state index is -0.0225. The van der Waals surface area contributed by atoms with E-state index in [0.29, 0.717) is 30.8 Å². The summed E-state index contributed by atoms with van der Waals surface area (Å²) in [7, 11) is 0. The molecule has 1 atom stereocenters. The van der Waals surface area contributed by atoms with Gasteiger partial charge in [-0.1, -0.05) is 32.0 Å². The second kappa shape index (κ2) is 9.29. The normalized spacial score (nSPS) is 16.5. The minimum absolute atomic E-state index is 0.0225. The second-order valence-electron chi connectivity index (χ2n) is 8.29. The van der Waals surface area contributed by atoms with Crippen molar-refractivity contribution in [2.75, 3.05) is 19.7 Å². The lowest BCUT2D eigenvalue weighted by Gasteiger charge is -2.31. The van der Waals surface area contributed by atoms with Gasteiger partial charge in [-0.05, 0) is 49.4 Å². The van der Waals surface area contributed by atoms with Crippen molar-refractivity contribution in [3.8, 4) is 17.2 Å². The Morgan fingerprint density at radius 2 is 2.06 bits per heavy atom. The molecule has 162 valence electrons. The smallest absolute Gasteiger partial charge is 0.260 e. The van der Waals surface area contributed by atoms with E-state index in [9.17, 15) is 4.79 Å². The molecule has 3 heterocycles. The first-order chi connectivity index (χ1) is 15.0. The van der Waals surface area contributed by atoms with Crippen molar-refractivity contribution in [2.24, 2.45) is 0 Å². The topological polar surface area (TPSA) is 81.4 Å². The first-order valence-electron chi connectivity index (χ1n) is 10.8. The average Bonchev–Trinajstić information content (AvgIpc) is 3.28. The number of hydrogen-bond acceptors (Lipinski definition) is 6. The maximum Gasteiger partial charge on any atom is 0.260 e. The average molecular weight is 421 g/mol. The molecule has 1 aliphatic rings. The van der Waals surface area contributed by atoms with E-state index in [1.807, 2.05) is 48.2 Å². The van der Waals surface area contributed by atoms with E-state index in [1.54, 1.807) is 6.20 Å². The van der Waals surface area contributed by atoms with Crippen LogP contribution in [-0.4, -0.2) is 45.7 Å². The summed E-state index contributed by atoms with van der Waals surface area (Å²) in [6.45, 7) is 7.46. The molecule has 1 amide bonds. The van der Waals surface area contributed by atoms with E-state index >= 15 is 0 Å². The lowest BCUT2D eigenvalue weighted by molar-refractivity contribution is -0.134. The van der Waals surface area contributed by atoms with Crippen LogP contribution < -0.4 is 4.74 Å². The van der Waals surface area contributed by atoms with E-state index in [0.717, 1.165) is 35.4 Å². The summed E-state index contributed by atoms with van der Waals surface area (Å²) in [5.74, 6) is 2.14. The number of pyridine rings is 1. The van der Waals surface area contributed by atoms with Gasteiger partial charge >= 0.3 is 0 Å². The van der Waals surface area contributed by atoms with Crippen LogP contribution in [-0.2, 0) is 4.79 Å². The Morgan fingerprint density at radius 1 is 1.23 bits per heavy atom. The molecule has 7 heteroatoms. The third-order valence-corrected chi connectivity index (χ3v) is 5.61. The number of aryl methyl sites for hydroxylation is 1. The summed E-state index contributed by atoms with van der Waals surface area (Å²) in [6, 6.07) is 11.7. The van der Waals surface area contributed by atoms with Gasteiger partial charge in [-0.2, -0.15) is 0 Å². The number of likely N-dealkylation sites (tertiary alicyclic amines) is 1. The fraction of sp³-hybridized carbons (Fsp3) is 0.417. The number of para-hydroxylation sites is 1. The van der Waals surface area contributed by atoms with Gasteiger partial charge in [0.15, 0.2) is 6.61 Å². The van der Waals surface area contributed by atoms with Crippen LogP contribution in [0.4, 0.5) is 0 Å². The van der Waals surface area contributed by atoms with Crippen LogP contribution in [0.15, 0.2) is 47.0 Å². The van der Waals surface area contributed by atoms with Crippen molar-refractivity contribution >= 4 is 5.91 Å². The van der Waals surface area contributed by atoms with Crippen LogP contribution in [0, 0.1) is 6.92 Å². The monoisotopic (exact) mass is 420 g/mol. The van der Waals surface area contributed by atoms with E-state index in [-0.39, 0.29) is 18.4 Å². The number of amides is 1. The zero-order chi connectivity index (χ0) is 21.8. The SMILES string of the molecule is Cc1ccc(-c2nnc(C3CCCN(C(=O)COc4ccccc4C(C)C)C3)o2)cn1. The zero-order valence-corrected chi connectivity index (χ0v) is 18.2. The first-order valence-corrected chi connectivity index (χ1v) is 10.8. The van der Waals surface area contributed by atoms with Gasteiger partial charge in [-0.15, -0.1) is 10.2 Å². The molecule has 0 spiro atoms. The number of benzene rings is 1. The number of hydrogen-bond donors (Lipinski definition) is 0. The number of nitrogens with zero attached hydrogens (tertiary/aromatic N) is 4. The molecule has 1 aliphatic heterocycles.